The predicted molar refractivity (Wildman–Crippen MR) is 67.6 cm³/mol. The Labute approximate surface area is 111 Å². The minimum Gasteiger partial charge on any atom is -0.464 e. The number of rotatable bonds is 2. The van der Waals surface area contributed by atoms with E-state index in [1.807, 2.05) is 0 Å². The maximum Gasteiger partial charge on any atom is 0.355 e. The molecule has 0 amide bonds. The molecule has 6 heteroatoms. The molecular formula is C11H8BrClN2O2. The van der Waals surface area contributed by atoms with E-state index in [4.69, 9.17) is 16.3 Å². The van der Waals surface area contributed by atoms with Crippen molar-refractivity contribution in [1.82, 2.24) is 9.55 Å². The van der Waals surface area contributed by atoms with E-state index in [2.05, 4.69) is 20.9 Å². The first kappa shape index (κ1) is 12.1. The number of carbonyl (C=O) groups excluding carboxylic acids is 1. The molecule has 0 aliphatic heterocycles. The zero-order valence-electron chi connectivity index (χ0n) is 8.85. The second-order valence-corrected chi connectivity index (χ2v) is 4.54. The lowest BCUT2D eigenvalue weighted by Crippen LogP contribution is -2.09. The van der Waals surface area contributed by atoms with Crippen LogP contribution in [0.5, 0.6) is 0 Å². The van der Waals surface area contributed by atoms with Gasteiger partial charge in [-0.15, -0.1) is 0 Å². The molecule has 2 aromatic rings. The maximum atomic E-state index is 11.6. The SMILES string of the molecule is COC(=O)c1cc(Br)cn1-c1ncccc1Cl. The summed E-state index contributed by atoms with van der Waals surface area (Å²) in [6.45, 7) is 0. The van der Waals surface area contributed by atoms with E-state index in [-0.39, 0.29) is 0 Å². The van der Waals surface area contributed by atoms with Crippen LogP contribution in [-0.4, -0.2) is 22.6 Å². The average Bonchev–Trinajstić information content (AvgIpc) is 2.71. The number of ether oxygens (including phenoxy) is 1. The van der Waals surface area contributed by atoms with Gasteiger partial charge in [-0.2, -0.15) is 0 Å². The fourth-order valence-electron chi connectivity index (χ4n) is 1.42. The number of hydrogen-bond donors (Lipinski definition) is 0. The van der Waals surface area contributed by atoms with Gasteiger partial charge in [-0.25, -0.2) is 9.78 Å². The molecule has 88 valence electrons. The van der Waals surface area contributed by atoms with Crippen LogP contribution in [-0.2, 0) is 4.74 Å². The first-order valence-electron chi connectivity index (χ1n) is 4.70. The molecule has 0 saturated carbocycles. The minimum absolute atomic E-state index is 0.361. The van der Waals surface area contributed by atoms with E-state index < -0.39 is 5.97 Å². The molecule has 0 spiro atoms. The summed E-state index contributed by atoms with van der Waals surface area (Å²) in [7, 11) is 1.33. The zero-order valence-corrected chi connectivity index (χ0v) is 11.2. The van der Waals surface area contributed by atoms with Crippen LogP contribution in [0.1, 0.15) is 10.5 Å². The molecule has 0 unspecified atom stereocenters. The first-order valence-corrected chi connectivity index (χ1v) is 5.87. The van der Waals surface area contributed by atoms with Gasteiger partial charge in [0.25, 0.3) is 0 Å². The first-order chi connectivity index (χ1) is 8.13. The van der Waals surface area contributed by atoms with Crippen LogP contribution in [0.3, 0.4) is 0 Å². The lowest BCUT2D eigenvalue weighted by atomic mass is 10.4. The standard InChI is InChI=1S/C11H8BrClN2O2/c1-17-11(16)9-5-7(12)6-15(9)10-8(13)3-2-4-14-10/h2-6H,1H3. The van der Waals surface area contributed by atoms with Gasteiger partial charge in [-0.1, -0.05) is 11.6 Å². The van der Waals surface area contributed by atoms with Gasteiger partial charge in [0.05, 0.1) is 12.1 Å². The highest BCUT2D eigenvalue weighted by molar-refractivity contribution is 9.10. The van der Waals surface area contributed by atoms with Gasteiger partial charge < -0.3 is 4.74 Å². The van der Waals surface area contributed by atoms with Crippen molar-refractivity contribution in [2.24, 2.45) is 0 Å². The van der Waals surface area contributed by atoms with Gasteiger partial charge in [0, 0.05) is 16.9 Å². The van der Waals surface area contributed by atoms with E-state index in [1.54, 1.807) is 35.2 Å². The van der Waals surface area contributed by atoms with E-state index in [0.29, 0.717) is 16.5 Å². The lowest BCUT2D eigenvalue weighted by molar-refractivity contribution is 0.0591. The van der Waals surface area contributed by atoms with Crippen molar-refractivity contribution in [3.63, 3.8) is 0 Å². The molecule has 0 aliphatic rings. The van der Waals surface area contributed by atoms with Gasteiger partial charge in [0.15, 0.2) is 5.82 Å². The summed E-state index contributed by atoms with van der Waals surface area (Å²) in [5.74, 6) is 0.0395. The molecule has 17 heavy (non-hydrogen) atoms. The fourth-order valence-corrected chi connectivity index (χ4v) is 2.06. The Morgan fingerprint density at radius 1 is 1.59 bits per heavy atom. The minimum atomic E-state index is -0.447. The summed E-state index contributed by atoms with van der Waals surface area (Å²) >= 11 is 9.34. The van der Waals surface area contributed by atoms with Crippen LogP contribution < -0.4 is 0 Å². The second kappa shape index (κ2) is 4.89. The van der Waals surface area contributed by atoms with E-state index in [0.717, 1.165) is 4.47 Å². The van der Waals surface area contributed by atoms with Crippen LogP contribution in [0.15, 0.2) is 35.1 Å². The molecule has 0 saturated heterocycles. The average molecular weight is 316 g/mol. The monoisotopic (exact) mass is 314 g/mol. The number of methoxy groups -OCH3 is 1. The molecule has 0 N–H and O–H groups in total. The van der Waals surface area contributed by atoms with E-state index >= 15 is 0 Å². The summed E-state index contributed by atoms with van der Waals surface area (Å²) < 4.78 is 7.03. The number of aromatic nitrogens is 2. The molecule has 2 aromatic heterocycles. The number of halogens is 2. The normalized spacial score (nSPS) is 10.3. The highest BCUT2D eigenvalue weighted by Gasteiger charge is 2.16. The summed E-state index contributed by atoms with van der Waals surface area (Å²) in [6, 6.07) is 5.08. The Morgan fingerprint density at radius 2 is 2.35 bits per heavy atom. The molecule has 2 heterocycles. The summed E-state index contributed by atoms with van der Waals surface area (Å²) in [6.07, 6.45) is 3.32. The molecule has 4 nitrogen and oxygen atoms in total. The largest absolute Gasteiger partial charge is 0.464 e. The van der Waals surface area contributed by atoms with Crippen molar-refractivity contribution < 1.29 is 9.53 Å². The zero-order chi connectivity index (χ0) is 12.4. The Kier molecular flexibility index (Phi) is 3.49. The highest BCUT2D eigenvalue weighted by atomic mass is 79.9. The number of carbonyl (C=O) groups is 1. The fraction of sp³-hybridized carbons (Fsp3) is 0.0909. The van der Waals surface area contributed by atoms with Crippen molar-refractivity contribution in [1.29, 1.82) is 0 Å². The quantitative estimate of drug-likeness (QED) is 0.800. The van der Waals surface area contributed by atoms with Crippen LogP contribution in [0, 0.1) is 0 Å². The van der Waals surface area contributed by atoms with Gasteiger partial charge >= 0.3 is 5.97 Å². The number of pyridine rings is 1. The van der Waals surface area contributed by atoms with Crippen molar-refractivity contribution >= 4 is 33.5 Å². The third-order valence-corrected chi connectivity index (χ3v) is 2.88. The van der Waals surface area contributed by atoms with Gasteiger partial charge in [0.1, 0.15) is 5.69 Å². The molecule has 0 aliphatic carbocycles. The van der Waals surface area contributed by atoms with Crippen LogP contribution in [0.25, 0.3) is 5.82 Å². The van der Waals surface area contributed by atoms with Gasteiger partial charge in [-0.05, 0) is 34.1 Å². The summed E-state index contributed by atoms with van der Waals surface area (Å²) in [4.78, 5) is 15.7. The molecular weight excluding hydrogens is 307 g/mol. The molecule has 0 aromatic carbocycles. The number of hydrogen-bond acceptors (Lipinski definition) is 3. The topological polar surface area (TPSA) is 44.1 Å². The maximum absolute atomic E-state index is 11.6. The molecule has 0 fully saturated rings. The Bertz CT molecular complexity index is 568. The third kappa shape index (κ3) is 2.35. The van der Waals surface area contributed by atoms with Crippen molar-refractivity contribution in [2.75, 3.05) is 7.11 Å². The summed E-state index contributed by atoms with van der Waals surface area (Å²) in [5.41, 5.74) is 0.361. The smallest absolute Gasteiger partial charge is 0.355 e. The van der Waals surface area contributed by atoms with E-state index in [9.17, 15) is 4.79 Å². The van der Waals surface area contributed by atoms with Crippen molar-refractivity contribution in [3.8, 4) is 5.82 Å². The molecule has 0 atom stereocenters. The Morgan fingerprint density at radius 3 is 3.00 bits per heavy atom. The van der Waals surface area contributed by atoms with E-state index in [1.165, 1.54) is 7.11 Å². The van der Waals surface area contributed by atoms with Crippen molar-refractivity contribution in [2.45, 2.75) is 0 Å². The lowest BCUT2D eigenvalue weighted by Gasteiger charge is -2.07. The van der Waals surface area contributed by atoms with Crippen LogP contribution in [0.2, 0.25) is 5.02 Å². The third-order valence-electron chi connectivity index (χ3n) is 2.15. The van der Waals surface area contributed by atoms with Gasteiger partial charge in [0.2, 0.25) is 0 Å². The molecule has 0 radical (unpaired) electrons. The molecule has 0 bridgehead atoms. The Balaban J connectivity index is 2.60. The molecule has 2 rings (SSSR count). The Hall–Kier alpha value is -1.33. The van der Waals surface area contributed by atoms with Crippen LogP contribution in [0.4, 0.5) is 0 Å². The second-order valence-electron chi connectivity index (χ2n) is 3.21. The van der Waals surface area contributed by atoms with Crippen LogP contribution >= 0.6 is 27.5 Å². The number of esters is 1. The summed E-state index contributed by atoms with van der Waals surface area (Å²) in [5, 5.41) is 0.459. The number of nitrogens with zero attached hydrogens (tertiary/aromatic N) is 2. The predicted octanol–water partition coefficient (Wildman–Crippen LogP) is 3.07. The van der Waals surface area contributed by atoms with Gasteiger partial charge in [-0.3, -0.25) is 4.57 Å². The highest BCUT2D eigenvalue weighted by Crippen LogP contribution is 2.23. The van der Waals surface area contributed by atoms with Crippen molar-refractivity contribution in [3.05, 3.63) is 45.8 Å².